The molecule has 1 unspecified atom stereocenters. The topological polar surface area (TPSA) is 125 Å². The largest absolute Gasteiger partial charge is 0.410 e. The van der Waals surface area contributed by atoms with Crippen molar-refractivity contribution in [1.82, 2.24) is 10.1 Å². The molecule has 0 radical (unpaired) electrons. The van der Waals surface area contributed by atoms with Gasteiger partial charge < -0.3 is 24.6 Å². The average Bonchev–Trinajstić information content (AvgIpc) is 3.25. The highest BCUT2D eigenvalue weighted by Gasteiger charge is 2.46. The molecule has 4 rings (SSSR count). The van der Waals surface area contributed by atoms with E-state index in [4.69, 9.17) is 19.7 Å². The number of ether oxygens (including phenoxy) is 2. The summed E-state index contributed by atoms with van der Waals surface area (Å²) < 4.78 is 29.5. The molecular formula is C28H36FN3O6. The number of nitrogens with zero attached hydrogens (tertiary/aromatic N) is 2. The van der Waals surface area contributed by atoms with Gasteiger partial charge in [0, 0.05) is 42.0 Å². The van der Waals surface area contributed by atoms with Crippen molar-refractivity contribution >= 4 is 28.8 Å². The number of hydrogen-bond donors (Lipinski definition) is 1. The zero-order valence-corrected chi connectivity index (χ0v) is 21.9. The molecule has 3 heterocycles. The average molecular weight is 530 g/mol. The maximum absolute atomic E-state index is 13.5. The Labute approximate surface area is 221 Å². The molecule has 0 aliphatic carbocycles. The van der Waals surface area contributed by atoms with Gasteiger partial charge in [0.05, 0.1) is 5.69 Å². The van der Waals surface area contributed by atoms with Crippen molar-refractivity contribution in [2.45, 2.75) is 82.8 Å². The molecule has 0 spiro atoms. The molecule has 0 bridgehead atoms. The number of hydrogen-bond acceptors (Lipinski definition) is 8. The molecule has 1 atom stereocenters. The van der Waals surface area contributed by atoms with Crippen molar-refractivity contribution in [2.24, 2.45) is 5.73 Å². The zero-order chi connectivity index (χ0) is 27.1. The number of rotatable bonds is 12. The van der Waals surface area contributed by atoms with Crippen molar-refractivity contribution < 1.29 is 32.8 Å². The molecule has 2 aromatic rings. The number of cyclic esters (lactones) is 2. The standard InChI is InChI=1S/C28H36FN3O6/c1-2-3-4-5-6-7-13-28(27(30)35)36-24(33)17-20(26(34)37-28)12-16-32-14-10-19(11-15-32)25-22-9-8-21(29)18-23(22)38-31-25/h8-9,17-19H,2-7,10-16H2,1H3,(H2,30,35). The van der Waals surface area contributed by atoms with Crippen LogP contribution in [0.1, 0.15) is 82.7 Å². The molecule has 2 aliphatic heterocycles. The molecule has 1 fully saturated rings. The number of fused-ring (bicyclic) bond motifs is 1. The lowest BCUT2D eigenvalue weighted by molar-refractivity contribution is -0.221. The monoisotopic (exact) mass is 529 g/mol. The van der Waals surface area contributed by atoms with Crippen LogP contribution in [0.3, 0.4) is 0 Å². The smallest absolute Gasteiger partial charge is 0.338 e. The fourth-order valence-corrected chi connectivity index (χ4v) is 5.20. The highest BCUT2D eigenvalue weighted by Crippen LogP contribution is 2.33. The van der Waals surface area contributed by atoms with E-state index >= 15 is 0 Å². The molecule has 9 nitrogen and oxygen atoms in total. The summed E-state index contributed by atoms with van der Waals surface area (Å²) in [4.78, 5) is 39.8. The molecule has 1 aromatic carbocycles. The molecule has 1 amide bonds. The summed E-state index contributed by atoms with van der Waals surface area (Å²) in [6, 6.07) is 4.44. The summed E-state index contributed by atoms with van der Waals surface area (Å²) >= 11 is 0. The maximum Gasteiger partial charge on any atom is 0.338 e. The molecule has 2 aliphatic rings. The summed E-state index contributed by atoms with van der Waals surface area (Å²) in [6.45, 7) is 4.18. The molecule has 0 saturated carbocycles. The third-order valence-corrected chi connectivity index (χ3v) is 7.45. The van der Waals surface area contributed by atoms with Crippen LogP contribution in [0.25, 0.3) is 11.0 Å². The number of likely N-dealkylation sites (tertiary alicyclic amines) is 1. The van der Waals surface area contributed by atoms with Gasteiger partial charge in [-0.05, 0) is 50.9 Å². The number of unbranched alkanes of at least 4 members (excludes halogenated alkanes) is 5. The second-order valence-corrected chi connectivity index (χ2v) is 10.2. The number of esters is 2. The first-order valence-electron chi connectivity index (χ1n) is 13.6. The van der Waals surface area contributed by atoms with E-state index < -0.39 is 23.6 Å². The Morgan fingerprint density at radius 2 is 1.87 bits per heavy atom. The van der Waals surface area contributed by atoms with Crippen LogP contribution in [0.5, 0.6) is 0 Å². The maximum atomic E-state index is 13.5. The summed E-state index contributed by atoms with van der Waals surface area (Å²) in [6.07, 6.45) is 8.77. The minimum absolute atomic E-state index is 0.0456. The number of nitrogens with two attached hydrogens (primary N) is 1. The van der Waals surface area contributed by atoms with Crippen LogP contribution in [-0.2, 0) is 23.9 Å². The van der Waals surface area contributed by atoms with Gasteiger partial charge in [0.15, 0.2) is 5.58 Å². The van der Waals surface area contributed by atoms with Crippen LogP contribution < -0.4 is 5.73 Å². The minimum atomic E-state index is -2.07. The molecule has 1 aromatic heterocycles. The fraction of sp³-hybridized carbons (Fsp3) is 0.571. The number of halogens is 1. The van der Waals surface area contributed by atoms with Gasteiger partial charge in [-0.2, -0.15) is 0 Å². The Kier molecular flexibility index (Phi) is 9.14. The molecule has 10 heteroatoms. The van der Waals surface area contributed by atoms with E-state index in [9.17, 15) is 18.8 Å². The summed E-state index contributed by atoms with van der Waals surface area (Å²) in [5, 5.41) is 5.01. The minimum Gasteiger partial charge on any atom is -0.410 e. The number of carbonyl (C=O) groups excluding carboxylic acids is 3. The SMILES string of the molecule is CCCCCCCCC1(C(N)=O)OC(=O)C=C(CCN2CCC(c3noc4cc(F)ccc34)CC2)C(=O)O1. The van der Waals surface area contributed by atoms with E-state index in [0.29, 0.717) is 18.5 Å². The lowest BCUT2D eigenvalue weighted by atomic mass is 9.91. The lowest BCUT2D eigenvalue weighted by Crippen LogP contribution is -2.50. The van der Waals surface area contributed by atoms with Crippen LogP contribution >= 0.6 is 0 Å². The highest BCUT2D eigenvalue weighted by molar-refractivity contribution is 6.01. The van der Waals surface area contributed by atoms with Crippen LogP contribution in [-0.4, -0.2) is 53.3 Å². The lowest BCUT2D eigenvalue weighted by Gasteiger charge is -2.31. The van der Waals surface area contributed by atoms with E-state index in [1.807, 2.05) is 0 Å². The van der Waals surface area contributed by atoms with Crippen LogP contribution in [0.2, 0.25) is 0 Å². The van der Waals surface area contributed by atoms with E-state index in [1.165, 1.54) is 12.1 Å². The Morgan fingerprint density at radius 3 is 2.61 bits per heavy atom. The van der Waals surface area contributed by atoms with Crippen molar-refractivity contribution in [2.75, 3.05) is 19.6 Å². The Hall–Kier alpha value is -3.27. The van der Waals surface area contributed by atoms with E-state index in [-0.39, 0.29) is 30.1 Å². The molecule has 2 N–H and O–H groups in total. The second-order valence-electron chi connectivity index (χ2n) is 10.2. The first-order valence-corrected chi connectivity index (χ1v) is 13.6. The van der Waals surface area contributed by atoms with Gasteiger partial charge in [-0.3, -0.25) is 4.79 Å². The first kappa shape index (κ1) is 27.8. The highest BCUT2D eigenvalue weighted by atomic mass is 19.1. The summed E-state index contributed by atoms with van der Waals surface area (Å²) in [5.41, 5.74) is 6.97. The number of amides is 1. The fourth-order valence-electron chi connectivity index (χ4n) is 5.20. The van der Waals surface area contributed by atoms with E-state index in [1.54, 1.807) is 6.07 Å². The van der Waals surface area contributed by atoms with Gasteiger partial charge in [0.2, 0.25) is 0 Å². The Balaban J connectivity index is 1.29. The molecular weight excluding hydrogens is 493 g/mol. The van der Waals surface area contributed by atoms with Crippen molar-refractivity contribution in [3.63, 3.8) is 0 Å². The van der Waals surface area contributed by atoms with Crippen molar-refractivity contribution in [3.05, 3.63) is 41.4 Å². The van der Waals surface area contributed by atoms with Gasteiger partial charge in [-0.15, -0.1) is 0 Å². The normalized spacial score (nSPS) is 21.2. The van der Waals surface area contributed by atoms with Crippen LogP contribution in [0.15, 0.2) is 34.4 Å². The molecule has 38 heavy (non-hydrogen) atoms. The number of aromatic nitrogens is 1. The molecule has 1 saturated heterocycles. The van der Waals surface area contributed by atoms with Crippen molar-refractivity contribution in [3.8, 4) is 0 Å². The third kappa shape index (κ3) is 6.59. The van der Waals surface area contributed by atoms with Crippen LogP contribution in [0.4, 0.5) is 4.39 Å². The zero-order valence-electron chi connectivity index (χ0n) is 21.9. The predicted molar refractivity (Wildman–Crippen MR) is 137 cm³/mol. The second kappa shape index (κ2) is 12.5. The van der Waals surface area contributed by atoms with E-state index in [0.717, 1.165) is 75.2 Å². The van der Waals surface area contributed by atoms with Crippen LogP contribution in [0, 0.1) is 5.82 Å². The third-order valence-electron chi connectivity index (χ3n) is 7.45. The number of primary amides is 1. The molecule has 206 valence electrons. The number of carbonyl (C=O) groups is 3. The number of piperidine rings is 1. The van der Waals surface area contributed by atoms with Gasteiger partial charge in [0.25, 0.3) is 0 Å². The van der Waals surface area contributed by atoms with Crippen molar-refractivity contribution in [1.29, 1.82) is 0 Å². The quantitative estimate of drug-likeness (QED) is 0.315. The van der Waals surface area contributed by atoms with Gasteiger partial charge in [-0.1, -0.05) is 44.2 Å². The van der Waals surface area contributed by atoms with Gasteiger partial charge >= 0.3 is 23.6 Å². The summed E-state index contributed by atoms with van der Waals surface area (Å²) in [5.74, 6) is -4.78. The number of benzene rings is 1. The Bertz CT molecular complexity index is 1190. The predicted octanol–water partition coefficient (Wildman–Crippen LogP) is 4.50. The van der Waals surface area contributed by atoms with E-state index in [2.05, 4.69) is 17.0 Å². The summed E-state index contributed by atoms with van der Waals surface area (Å²) in [7, 11) is 0. The Morgan fingerprint density at radius 1 is 1.13 bits per heavy atom. The first-order chi connectivity index (χ1) is 18.3. The van der Waals surface area contributed by atoms with Gasteiger partial charge in [-0.25, -0.2) is 14.0 Å². The van der Waals surface area contributed by atoms with Gasteiger partial charge in [0.1, 0.15) is 5.82 Å².